The number of methoxy groups -OCH3 is 1. The van der Waals surface area contributed by atoms with Crippen molar-refractivity contribution in [2.45, 2.75) is 46.5 Å². The molecule has 0 saturated heterocycles. The molecule has 3 heteroatoms. The van der Waals surface area contributed by atoms with E-state index in [0.717, 1.165) is 29.8 Å². The zero-order chi connectivity index (χ0) is 17.7. The second-order valence-corrected chi connectivity index (χ2v) is 7.19. The van der Waals surface area contributed by atoms with Gasteiger partial charge in [-0.3, -0.25) is 0 Å². The highest BCUT2D eigenvalue weighted by molar-refractivity contribution is 7.16. The van der Waals surface area contributed by atoms with Crippen LogP contribution < -0.4 is 9.47 Å². The highest BCUT2D eigenvalue weighted by Gasteiger charge is 2.13. The molecule has 1 atom stereocenters. The van der Waals surface area contributed by atoms with Gasteiger partial charge in [-0.05, 0) is 73.7 Å². The summed E-state index contributed by atoms with van der Waals surface area (Å²) < 4.78 is 11.7. The molecule has 0 amide bonds. The minimum Gasteiger partial charge on any atom is -0.497 e. The Balaban J connectivity index is 2.34. The third-order valence-electron chi connectivity index (χ3n) is 4.24. The fourth-order valence-corrected chi connectivity index (χ4v) is 3.16. The molecule has 0 fully saturated rings. The second-order valence-electron chi connectivity index (χ2n) is 6.61. The predicted molar refractivity (Wildman–Crippen MR) is 106 cm³/mol. The summed E-state index contributed by atoms with van der Waals surface area (Å²) in [7, 11) is 4.49. The Morgan fingerprint density at radius 2 is 1.71 bits per heavy atom. The quantitative estimate of drug-likeness (QED) is 0.570. The largest absolute Gasteiger partial charge is 0.497 e. The Hall–Kier alpha value is -1.53. The van der Waals surface area contributed by atoms with Crippen molar-refractivity contribution in [1.29, 1.82) is 0 Å². The van der Waals surface area contributed by atoms with Gasteiger partial charge in [-0.2, -0.15) is 0 Å². The van der Waals surface area contributed by atoms with Crippen LogP contribution in [0.1, 0.15) is 48.4 Å². The highest BCUT2D eigenvalue weighted by Crippen LogP contribution is 2.36. The summed E-state index contributed by atoms with van der Waals surface area (Å²) in [5, 5.41) is 0. The average molecular weight is 344 g/mol. The minimum atomic E-state index is 0.372. The van der Waals surface area contributed by atoms with Crippen LogP contribution in [-0.2, 0) is 6.42 Å². The molecule has 0 N–H and O–H groups in total. The first kappa shape index (κ1) is 18.8. The van der Waals surface area contributed by atoms with Crippen molar-refractivity contribution in [2.24, 2.45) is 0 Å². The molecule has 24 heavy (non-hydrogen) atoms. The van der Waals surface area contributed by atoms with Gasteiger partial charge in [0.05, 0.1) is 7.11 Å². The fraction of sp³-hybridized carbons (Fsp3) is 0.429. The molecule has 2 aromatic rings. The van der Waals surface area contributed by atoms with E-state index in [1.165, 1.54) is 28.7 Å². The highest BCUT2D eigenvalue weighted by atomic mass is 31.0. The average Bonchev–Trinajstić information content (AvgIpc) is 2.56. The molecule has 0 aliphatic heterocycles. The molecule has 2 aromatic carbocycles. The molecule has 130 valence electrons. The van der Waals surface area contributed by atoms with Crippen molar-refractivity contribution < 1.29 is 9.47 Å². The van der Waals surface area contributed by atoms with E-state index < -0.39 is 0 Å². The van der Waals surface area contributed by atoms with E-state index in [4.69, 9.17) is 9.47 Å². The first-order valence-electron chi connectivity index (χ1n) is 8.62. The van der Waals surface area contributed by atoms with Crippen LogP contribution in [0.4, 0.5) is 0 Å². The molecule has 2 nitrogen and oxygen atoms in total. The van der Waals surface area contributed by atoms with Crippen molar-refractivity contribution in [3.8, 4) is 17.2 Å². The summed E-state index contributed by atoms with van der Waals surface area (Å²) in [5.41, 5.74) is 4.94. The molecular weight excluding hydrogens is 315 g/mol. The molecule has 0 aromatic heterocycles. The van der Waals surface area contributed by atoms with E-state index in [0.29, 0.717) is 5.92 Å². The first-order valence-corrected chi connectivity index (χ1v) is 9.44. The number of hydrogen-bond donors (Lipinski definition) is 0. The van der Waals surface area contributed by atoms with E-state index in [1.807, 2.05) is 12.1 Å². The van der Waals surface area contributed by atoms with Gasteiger partial charge in [-0.1, -0.05) is 26.0 Å². The van der Waals surface area contributed by atoms with Gasteiger partial charge in [-0.15, -0.1) is 9.24 Å². The van der Waals surface area contributed by atoms with Crippen molar-refractivity contribution in [3.05, 3.63) is 52.6 Å². The third-order valence-corrected chi connectivity index (χ3v) is 4.65. The molecule has 0 bridgehead atoms. The summed E-state index contributed by atoms with van der Waals surface area (Å²) in [4.78, 5) is 0. The van der Waals surface area contributed by atoms with Gasteiger partial charge >= 0.3 is 0 Å². The molecule has 0 spiro atoms. The Kier molecular flexibility index (Phi) is 6.69. The summed E-state index contributed by atoms with van der Waals surface area (Å²) in [6.07, 6.45) is 3.45. The normalized spacial score (nSPS) is 11.0. The van der Waals surface area contributed by atoms with Gasteiger partial charge in [-0.25, -0.2) is 0 Å². The van der Waals surface area contributed by atoms with E-state index in [2.05, 4.69) is 55.1 Å². The van der Waals surface area contributed by atoms with E-state index >= 15 is 0 Å². The molecule has 0 aliphatic rings. The number of ether oxygens (including phenoxy) is 2. The molecule has 0 heterocycles. The lowest BCUT2D eigenvalue weighted by molar-refractivity contribution is 0.410. The zero-order valence-corrected chi connectivity index (χ0v) is 16.6. The molecule has 0 radical (unpaired) electrons. The van der Waals surface area contributed by atoms with Crippen LogP contribution >= 0.6 is 9.24 Å². The molecule has 1 unspecified atom stereocenters. The Bertz CT molecular complexity index is 669. The molecular formula is C21H29O2P. The molecule has 0 saturated carbocycles. The monoisotopic (exact) mass is 344 g/mol. The Morgan fingerprint density at radius 1 is 1.04 bits per heavy atom. The summed E-state index contributed by atoms with van der Waals surface area (Å²) in [5.74, 6) is 3.12. The van der Waals surface area contributed by atoms with Gasteiger partial charge in [0, 0.05) is 5.56 Å². The summed E-state index contributed by atoms with van der Waals surface area (Å²) in [6, 6.07) is 10.5. The van der Waals surface area contributed by atoms with Crippen LogP contribution in [-0.4, -0.2) is 13.3 Å². The smallest absolute Gasteiger partial charge is 0.133 e. The van der Waals surface area contributed by atoms with E-state index in [9.17, 15) is 0 Å². The van der Waals surface area contributed by atoms with Crippen LogP contribution in [0.5, 0.6) is 17.2 Å². The standard InChI is InChI=1S/C21H29O2P/c1-14(2)19-13-18(22-5)8-9-20(19)23-21-15(3)11-17(7-6-10-24)12-16(21)4/h8-9,11-14H,6-7,10,24H2,1-5H3. The maximum atomic E-state index is 6.33. The SMILES string of the molecule is COc1ccc(Oc2c(C)cc(CCCP)cc2C)c(C(C)C)c1. The van der Waals surface area contributed by atoms with Crippen molar-refractivity contribution in [3.63, 3.8) is 0 Å². The maximum absolute atomic E-state index is 6.33. The van der Waals surface area contributed by atoms with Crippen molar-refractivity contribution in [2.75, 3.05) is 13.3 Å². The van der Waals surface area contributed by atoms with Crippen molar-refractivity contribution >= 4 is 9.24 Å². The van der Waals surface area contributed by atoms with Gasteiger partial charge in [0.15, 0.2) is 0 Å². The third kappa shape index (κ3) is 4.51. The summed E-state index contributed by atoms with van der Waals surface area (Å²) in [6.45, 7) is 8.61. The number of benzene rings is 2. The lowest BCUT2D eigenvalue weighted by atomic mass is 10.0. The Morgan fingerprint density at radius 3 is 2.25 bits per heavy atom. The van der Waals surface area contributed by atoms with Gasteiger partial charge < -0.3 is 9.47 Å². The fourth-order valence-electron chi connectivity index (χ4n) is 2.96. The first-order chi connectivity index (χ1) is 11.5. The van der Waals surface area contributed by atoms with Gasteiger partial charge in [0.25, 0.3) is 0 Å². The van der Waals surface area contributed by atoms with Crippen molar-refractivity contribution in [1.82, 2.24) is 0 Å². The van der Waals surface area contributed by atoms with Crippen LogP contribution in [0, 0.1) is 13.8 Å². The summed E-state index contributed by atoms with van der Waals surface area (Å²) >= 11 is 0. The lowest BCUT2D eigenvalue weighted by Gasteiger charge is -2.18. The van der Waals surface area contributed by atoms with Crippen LogP contribution in [0.3, 0.4) is 0 Å². The van der Waals surface area contributed by atoms with Crippen LogP contribution in [0.25, 0.3) is 0 Å². The van der Waals surface area contributed by atoms with Crippen LogP contribution in [0.15, 0.2) is 30.3 Å². The maximum Gasteiger partial charge on any atom is 0.133 e. The number of hydrogen-bond acceptors (Lipinski definition) is 2. The Labute approximate surface area is 148 Å². The lowest BCUT2D eigenvalue weighted by Crippen LogP contribution is -1.99. The zero-order valence-electron chi connectivity index (χ0n) is 15.5. The van der Waals surface area contributed by atoms with E-state index in [1.54, 1.807) is 7.11 Å². The number of rotatable bonds is 7. The molecule has 0 aliphatic carbocycles. The second kappa shape index (κ2) is 8.53. The van der Waals surface area contributed by atoms with E-state index in [-0.39, 0.29) is 0 Å². The topological polar surface area (TPSA) is 18.5 Å². The molecule has 2 rings (SSSR count). The number of aryl methyl sites for hydroxylation is 3. The predicted octanol–water partition coefficient (Wildman–Crippen LogP) is 6.04. The van der Waals surface area contributed by atoms with Crippen LogP contribution in [0.2, 0.25) is 0 Å². The van der Waals surface area contributed by atoms with Gasteiger partial charge in [0.2, 0.25) is 0 Å². The van der Waals surface area contributed by atoms with Gasteiger partial charge in [0.1, 0.15) is 17.2 Å². The minimum absolute atomic E-state index is 0.372.